The number of Topliss-reactive ketones (excluding diaryl/α,β-unsaturated/α-hetero) is 1. The number of rotatable bonds is 3. The second-order valence-corrected chi connectivity index (χ2v) is 6.64. The van der Waals surface area contributed by atoms with Crippen molar-refractivity contribution in [2.24, 2.45) is 13.0 Å². The number of aryl methyl sites for hydroxylation is 2. The van der Waals surface area contributed by atoms with Crippen molar-refractivity contribution >= 4 is 5.78 Å². The molecule has 0 N–H and O–H groups in total. The van der Waals surface area contributed by atoms with Gasteiger partial charge in [-0.3, -0.25) is 9.48 Å². The van der Waals surface area contributed by atoms with Gasteiger partial charge in [0.2, 0.25) is 0 Å². The fourth-order valence-corrected chi connectivity index (χ4v) is 3.94. The van der Waals surface area contributed by atoms with Crippen LogP contribution in [0.1, 0.15) is 68.1 Å². The van der Waals surface area contributed by atoms with E-state index in [0.717, 1.165) is 50.1 Å². The number of ketones is 1. The predicted octanol–water partition coefficient (Wildman–Crippen LogP) is 3.29. The minimum atomic E-state index is -0.0109. The van der Waals surface area contributed by atoms with Crippen LogP contribution in [0, 0.1) is 5.92 Å². The second kappa shape index (κ2) is 5.91. The Morgan fingerprint density at radius 2 is 2.19 bits per heavy atom. The highest BCUT2D eigenvalue weighted by Crippen LogP contribution is 2.41. The lowest BCUT2D eigenvalue weighted by molar-refractivity contribution is -0.111. The van der Waals surface area contributed by atoms with Gasteiger partial charge in [0.15, 0.2) is 5.78 Å². The molecule has 0 radical (unpaired) electrons. The van der Waals surface area contributed by atoms with Crippen molar-refractivity contribution in [2.75, 3.05) is 6.61 Å². The average Bonchev–Trinajstić information content (AvgIpc) is 2.88. The van der Waals surface area contributed by atoms with E-state index in [9.17, 15) is 4.79 Å². The molecule has 3 rings (SSSR count). The SMILES string of the molecule is CCc1cc(C(=O)C2CCOC3(CCCCC3)C2)n(C)n1. The summed E-state index contributed by atoms with van der Waals surface area (Å²) in [6.07, 6.45) is 8.68. The highest BCUT2D eigenvalue weighted by molar-refractivity contribution is 5.96. The fourth-order valence-electron chi connectivity index (χ4n) is 3.94. The molecule has 1 spiro atoms. The van der Waals surface area contributed by atoms with Gasteiger partial charge in [0.1, 0.15) is 5.69 Å². The highest BCUT2D eigenvalue weighted by atomic mass is 16.5. The number of nitrogens with zero attached hydrogens (tertiary/aromatic N) is 2. The van der Waals surface area contributed by atoms with Gasteiger partial charge in [0.05, 0.1) is 11.3 Å². The Bertz CT molecular complexity index is 509. The third kappa shape index (κ3) is 2.91. The maximum absolute atomic E-state index is 12.9. The van der Waals surface area contributed by atoms with E-state index in [1.807, 2.05) is 13.1 Å². The first kappa shape index (κ1) is 14.8. The zero-order valence-electron chi connectivity index (χ0n) is 13.2. The van der Waals surface area contributed by atoms with Gasteiger partial charge in [-0.25, -0.2) is 0 Å². The first-order chi connectivity index (χ1) is 10.1. The van der Waals surface area contributed by atoms with Gasteiger partial charge >= 0.3 is 0 Å². The Hall–Kier alpha value is -1.16. The molecule has 2 aliphatic rings. The molecule has 2 heterocycles. The number of carbonyl (C=O) groups excluding carboxylic acids is 1. The molecule has 21 heavy (non-hydrogen) atoms. The van der Waals surface area contributed by atoms with Crippen LogP contribution < -0.4 is 0 Å². The minimum Gasteiger partial charge on any atom is -0.375 e. The van der Waals surface area contributed by atoms with E-state index < -0.39 is 0 Å². The molecule has 0 bridgehead atoms. The number of carbonyl (C=O) groups is 1. The van der Waals surface area contributed by atoms with Crippen molar-refractivity contribution in [3.63, 3.8) is 0 Å². The molecule has 0 amide bonds. The third-order valence-corrected chi connectivity index (χ3v) is 5.17. The van der Waals surface area contributed by atoms with Crippen LogP contribution in [0.15, 0.2) is 6.07 Å². The molecule has 1 aliphatic carbocycles. The first-order valence-electron chi connectivity index (χ1n) is 8.35. The Balaban J connectivity index is 1.76. The monoisotopic (exact) mass is 290 g/mol. The maximum Gasteiger partial charge on any atom is 0.184 e. The lowest BCUT2D eigenvalue weighted by Gasteiger charge is -2.43. The molecule has 4 nitrogen and oxygen atoms in total. The van der Waals surface area contributed by atoms with E-state index in [1.54, 1.807) is 4.68 Å². The maximum atomic E-state index is 12.9. The molecule has 1 aromatic rings. The molecule has 1 aliphatic heterocycles. The van der Waals surface area contributed by atoms with E-state index in [-0.39, 0.29) is 17.3 Å². The molecule has 1 aromatic heterocycles. The standard InChI is InChI=1S/C17H26N2O2/c1-3-14-11-15(19(2)18-14)16(20)13-7-10-21-17(12-13)8-5-4-6-9-17/h11,13H,3-10,12H2,1-2H3. The van der Waals surface area contributed by atoms with E-state index in [0.29, 0.717) is 0 Å². The normalized spacial score (nSPS) is 25.1. The van der Waals surface area contributed by atoms with Crippen molar-refractivity contribution in [3.05, 3.63) is 17.5 Å². The number of hydrogen-bond acceptors (Lipinski definition) is 3. The molecular weight excluding hydrogens is 264 g/mol. The van der Waals surface area contributed by atoms with Gasteiger partial charge in [0.25, 0.3) is 0 Å². The van der Waals surface area contributed by atoms with E-state index in [4.69, 9.17) is 4.74 Å². The van der Waals surface area contributed by atoms with Crippen LogP contribution in [0.4, 0.5) is 0 Å². The van der Waals surface area contributed by atoms with Crippen LogP contribution >= 0.6 is 0 Å². The van der Waals surface area contributed by atoms with Crippen LogP contribution in [0.3, 0.4) is 0 Å². The Morgan fingerprint density at radius 3 is 2.86 bits per heavy atom. The zero-order valence-corrected chi connectivity index (χ0v) is 13.2. The molecule has 116 valence electrons. The molecule has 1 atom stereocenters. The van der Waals surface area contributed by atoms with Crippen molar-refractivity contribution in [2.45, 2.75) is 63.9 Å². The highest BCUT2D eigenvalue weighted by Gasteiger charge is 2.41. The molecule has 4 heteroatoms. The molecule has 2 fully saturated rings. The molecular formula is C17H26N2O2. The van der Waals surface area contributed by atoms with E-state index in [2.05, 4.69) is 12.0 Å². The summed E-state index contributed by atoms with van der Waals surface area (Å²) in [5.74, 6) is 0.370. The van der Waals surface area contributed by atoms with Crippen LogP contribution in [0.5, 0.6) is 0 Å². The zero-order chi connectivity index (χ0) is 14.9. The topological polar surface area (TPSA) is 44.1 Å². The average molecular weight is 290 g/mol. The molecule has 1 unspecified atom stereocenters. The molecule has 1 saturated heterocycles. The van der Waals surface area contributed by atoms with Crippen LogP contribution in [-0.2, 0) is 18.2 Å². The fraction of sp³-hybridized carbons (Fsp3) is 0.765. The van der Waals surface area contributed by atoms with E-state index in [1.165, 1.54) is 19.3 Å². The minimum absolute atomic E-state index is 0.0109. The quantitative estimate of drug-likeness (QED) is 0.802. The Labute approximate surface area is 126 Å². The van der Waals surface area contributed by atoms with Gasteiger partial charge in [-0.2, -0.15) is 5.10 Å². The van der Waals surface area contributed by atoms with Crippen molar-refractivity contribution in [3.8, 4) is 0 Å². The smallest absolute Gasteiger partial charge is 0.184 e. The van der Waals surface area contributed by atoms with Crippen molar-refractivity contribution in [1.82, 2.24) is 9.78 Å². The van der Waals surface area contributed by atoms with Crippen LogP contribution in [-0.4, -0.2) is 27.8 Å². The van der Waals surface area contributed by atoms with Gasteiger partial charge in [-0.1, -0.05) is 26.2 Å². The van der Waals surface area contributed by atoms with Gasteiger partial charge < -0.3 is 4.74 Å². The third-order valence-electron chi connectivity index (χ3n) is 5.17. The van der Waals surface area contributed by atoms with Crippen molar-refractivity contribution in [1.29, 1.82) is 0 Å². The van der Waals surface area contributed by atoms with Gasteiger partial charge in [-0.15, -0.1) is 0 Å². The second-order valence-electron chi connectivity index (χ2n) is 6.64. The first-order valence-corrected chi connectivity index (χ1v) is 8.35. The molecule has 1 saturated carbocycles. The summed E-state index contributed by atoms with van der Waals surface area (Å²) in [7, 11) is 1.88. The van der Waals surface area contributed by atoms with Crippen LogP contribution in [0.25, 0.3) is 0 Å². The summed E-state index contributed by atoms with van der Waals surface area (Å²) < 4.78 is 7.86. The van der Waals surface area contributed by atoms with Gasteiger partial charge in [0, 0.05) is 19.6 Å². The summed E-state index contributed by atoms with van der Waals surface area (Å²) in [5.41, 5.74) is 1.76. The predicted molar refractivity (Wildman–Crippen MR) is 81.4 cm³/mol. The van der Waals surface area contributed by atoms with Gasteiger partial charge in [-0.05, 0) is 38.2 Å². The van der Waals surface area contributed by atoms with E-state index >= 15 is 0 Å². The number of aromatic nitrogens is 2. The summed E-state index contributed by atoms with van der Waals surface area (Å²) in [5, 5.41) is 4.41. The van der Waals surface area contributed by atoms with Crippen molar-refractivity contribution < 1.29 is 9.53 Å². The molecule has 0 aromatic carbocycles. The largest absolute Gasteiger partial charge is 0.375 e. The lowest BCUT2D eigenvalue weighted by Crippen LogP contribution is -2.43. The Morgan fingerprint density at radius 1 is 1.43 bits per heavy atom. The Kier molecular flexibility index (Phi) is 4.16. The number of hydrogen-bond donors (Lipinski definition) is 0. The summed E-state index contributed by atoms with van der Waals surface area (Å²) >= 11 is 0. The lowest BCUT2D eigenvalue weighted by atomic mass is 9.74. The number of ether oxygens (including phenoxy) is 1. The summed E-state index contributed by atoms with van der Waals surface area (Å²) in [4.78, 5) is 12.9. The summed E-state index contributed by atoms with van der Waals surface area (Å²) in [6, 6.07) is 1.96. The summed E-state index contributed by atoms with van der Waals surface area (Å²) in [6.45, 7) is 2.80. The van der Waals surface area contributed by atoms with Crippen LogP contribution in [0.2, 0.25) is 0 Å².